The fourth-order valence-electron chi connectivity index (χ4n) is 3.51. The second kappa shape index (κ2) is 10.5. The Morgan fingerprint density at radius 3 is 2.80 bits per heavy atom. The minimum atomic E-state index is -0.484. The van der Waals surface area contributed by atoms with E-state index >= 15 is 0 Å². The van der Waals surface area contributed by atoms with E-state index in [2.05, 4.69) is 38.7 Å². The van der Waals surface area contributed by atoms with Crippen molar-refractivity contribution in [2.75, 3.05) is 45.2 Å². The summed E-state index contributed by atoms with van der Waals surface area (Å²) >= 11 is 0. The van der Waals surface area contributed by atoms with Crippen molar-refractivity contribution >= 4 is 17.7 Å². The van der Waals surface area contributed by atoms with Crippen LogP contribution in [0.4, 0.5) is 10.5 Å². The van der Waals surface area contributed by atoms with Crippen molar-refractivity contribution in [1.82, 2.24) is 25.3 Å². The highest BCUT2D eigenvalue weighted by molar-refractivity contribution is 5.80. The lowest BCUT2D eigenvalue weighted by atomic mass is 10.1. The summed E-state index contributed by atoms with van der Waals surface area (Å²) in [4.78, 5) is 20.5. The monoisotopic (exact) mass is 421 g/mol. The van der Waals surface area contributed by atoms with Crippen LogP contribution < -0.4 is 15.5 Å². The Kier molecular flexibility index (Phi) is 8.37. The molecule has 1 aromatic heterocycles. The number of carbonyl (C=O) groups is 1. The van der Waals surface area contributed by atoms with Gasteiger partial charge < -0.3 is 25.2 Å². The van der Waals surface area contributed by atoms with Crippen molar-refractivity contribution in [3.8, 4) is 0 Å². The first-order valence-electron chi connectivity index (χ1n) is 10.7. The first-order chi connectivity index (χ1) is 14.1. The van der Waals surface area contributed by atoms with Gasteiger partial charge >= 0.3 is 6.09 Å². The maximum atomic E-state index is 12.1. The Morgan fingerprint density at radius 1 is 1.47 bits per heavy atom. The van der Waals surface area contributed by atoms with E-state index in [4.69, 9.17) is 4.74 Å². The van der Waals surface area contributed by atoms with Gasteiger partial charge in [-0.2, -0.15) is 5.10 Å². The van der Waals surface area contributed by atoms with E-state index in [1.54, 1.807) is 19.0 Å². The second-order valence-corrected chi connectivity index (χ2v) is 9.22. The molecule has 1 aliphatic heterocycles. The zero-order valence-corrected chi connectivity index (χ0v) is 19.6. The van der Waals surface area contributed by atoms with Crippen LogP contribution in [0.25, 0.3) is 0 Å². The molecule has 2 atom stereocenters. The Bertz CT molecular complexity index is 710. The Labute approximate surface area is 180 Å². The van der Waals surface area contributed by atoms with Crippen molar-refractivity contribution < 1.29 is 9.53 Å². The fraction of sp³-hybridized carbons (Fsp3) is 0.762. The van der Waals surface area contributed by atoms with Crippen LogP contribution in [0, 0.1) is 5.92 Å². The lowest BCUT2D eigenvalue weighted by molar-refractivity contribution is 0.0278. The summed E-state index contributed by atoms with van der Waals surface area (Å²) in [6, 6.07) is 0.324. The van der Waals surface area contributed by atoms with Gasteiger partial charge in [-0.1, -0.05) is 6.92 Å². The Morgan fingerprint density at radius 2 is 2.20 bits per heavy atom. The van der Waals surface area contributed by atoms with E-state index in [9.17, 15) is 4.79 Å². The number of rotatable bonds is 6. The van der Waals surface area contributed by atoms with Crippen molar-refractivity contribution in [2.45, 2.75) is 52.2 Å². The van der Waals surface area contributed by atoms with Crippen molar-refractivity contribution in [1.29, 1.82) is 0 Å². The van der Waals surface area contributed by atoms with E-state index in [0.717, 1.165) is 37.6 Å². The van der Waals surface area contributed by atoms with Crippen LogP contribution in [-0.4, -0.2) is 78.7 Å². The summed E-state index contributed by atoms with van der Waals surface area (Å²) in [6.07, 6.45) is 5.90. The number of hydrogen-bond acceptors (Lipinski definition) is 5. The van der Waals surface area contributed by atoms with E-state index in [-0.39, 0.29) is 12.0 Å². The maximum absolute atomic E-state index is 12.1. The van der Waals surface area contributed by atoms with Gasteiger partial charge in [0.05, 0.1) is 11.9 Å². The third-order valence-electron chi connectivity index (χ3n) is 4.95. The quantitative estimate of drug-likeness (QED) is 0.540. The molecule has 0 radical (unpaired) electrons. The molecule has 2 heterocycles. The van der Waals surface area contributed by atoms with Gasteiger partial charge in [-0.25, -0.2) is 4.79 Å². The molecule has 170 valence electrons. The standard InChI is InChI=1S/C21H39N7O2/c1-16(13-26(6)20(29)30-21(2,3)4)11-23-19(22-5)25-17-9-8-10-28(14-17)18-12-24-27(7)15-18/h12,15-17H,8-11,13-14H2,1-7H3,(H2,22,23,25). The molecule has 30 heavy (non-hydrogen) atoms. The molecule has 9 nitrogen and oxygen atoms in total. The molecule has 1 aliphatic rings. The normalized spacial score (nSPS) is 18.7. The molecule has 2 rings (SSSR count). The van der Waals surface area contributed by atoms with Gasteiger partial charge in [0.1, 0.15) is 5.60 Å². The fourth-order valence-corrected chi connectivity index (χ4v) is 3.51. The number of aliphatic imine (C=N–C) groups is 1. The zero-order chi connectivity index (χ0) is 22.3. The molecule has 0 spiro atoms. The molecule has 2 unspecified atom stereocenters. The van der Waals surface area contributed by atoms with Crippen molar-refractivity contribution in [3.63, 3.8) is 0 Å². The number of aryl methyl sites for hydroxylation is 1. The Balaban J connectivity index is 1.78. The average molecular weight is 422 g/mol. The predicted octanol–water partition coefficient (Wildman–Crippen LogP) is 2.06. The largest absolute Gasteiger partial charge is 0.444 e. The highest BCUT2D eigenvalue weighted by atomic mass is 16.6. The van der Waals surface area contributed by atoms with Crippen LogP contribution in [0.2, 0.25) is 0 Å². The topological polar surface area (TPSA) is 87.0 Å². The van der Waals surface area contributed by atoms with Crippen LogP contribution in [0.5, 0.6) is 0 Å². The van der Waals surface area contributed by atoms with E-state index in [1.165, 1.54) is 0 Å². The molecular formula is C21H39N7O2. The minimum absolute atomic E-state index is 0.249. The van der Waals surface area contributed by atoms with Gasteiger partial charge in [-0.05, 0) is 39.5 Å². The summed E-state index contributed by atoms with van der Waals surface area (Å²) in [5.74, 6) is 1.04. The number of ether oxygens (including phenoxy) is 1. The number of carbonyl (C=O) groups excluding carboxylic acids is 1. The van der Waals surface area contributed by atoms with Crippen molar-refractivity contribution in [2.24, 2.45) is 18.0 Å². The summed E-state index contributed by atoms with van der Waals surface area (Å²) in [5.41, 5.74) is 0.674. The number of piperidine rings is 1. The average Bonchev–Trinajstić information content (AvgIpc) is 3.10. The van der Waals surface area contributed by atoms with Crippen LogP contribution in [0.15, 0.2) is 17.4 Å². The Hall–Kier alpha value is -2.45. The molecule has 0 saturated carbocycles. The van der Waals surface area contributed by atoms with Crippen LogP contribution in [0.1, 0.15) is 40.5 Å². The molecule has 0 aromatic carbocycles. The van der Waals surface area contributed by atoms with E-state index in [1.807, 2.05) is 38.7 Å². The summed E-state index contributed by atoms with van der Waals surface area (Å²) in [7, 11) is 5.50. The summed E-state index contributed by atoms with van der Waals surface area (Å²) < 4.78 is 7.25. The third kappa shape index (κ3) is 7.76. The number of nitrogens with zero attached hydrogens (tertiary/aromatic N) is 5. The molecule has 1 amide bonds. The predicted molar refractivity (Wildman–Crippen MR) is 121 cm³/mol. The zero-order valence-electron chi connectivity index (χ0n) is 19.6. The SMILES string of the molecule is CN=C(NCC(C)CN(C)C(=O)OC(C)(C)C)NC1CCCN(c2cnn(C)c2)C1. The van der Waals surface area contributed by atoms with Gasteiger partial charge in [-0.3, -0.25) is 9.67 Å². The van der Waals surface area contributed by atoms with Gasteiger partial charge in [0.2, 0.25) is 0 Å². The molecule has 1 aromatic rings. The van der Waals surface area contributed by atoms with Gasteiger partial charge in [-0.15, -0.1) is 0 Å². The van der Waals surface area contributed by atoms with Gasteiger partial charge in [0.25, 0.3) is 0 Å². The highest BCUT2D eigenvalue weighted by Gasteiger charge is 2.23. The molecule has 1 fully saturated rings. The molecule has 0 bridgehead atoms. The minimum Gasteiger partial charge on any atom is -0.444 e. The first-order valence-corrected chi connectivity index (χ1v) is 10.7. The summed E-state index contributed by atoms with van der Waals surface area (Å²) in [6.45, 7) is 11.0. The van der Waals surface area contributed by atoms with Crippen LogP contribution in [0.3, 0.4) is 0 Å². The molecule has 2 N–H and O–H groups in total. The highest BCUT2D eigenvalue weighted by Crippen LogP contribution is 2.19. The molecular weight excluding hydrogens is 382 g/mol. The smallest absolute Gasteiger partial charge is 0.410 e. The van der Waals surface area contributed by atoms with Crippen LogP contribution >= 0.6 is 0 Å². The van der Waals surface area contributed by atoms with E-state index in [0.29, 0.717) is 19.1 Å². The molecule has 0 aliphatic carbocycles. The maximum Gasteiger partial charge on any atom is 0.410 e. The summed E-state index contributed by atoms with van der Waals surface area (Å²) in [5, 5.41) is 11.2. The number of guanidine groups is 1. The number of amides is 1. The van der Waals surface area contributed by atoms with Gasteiger partial charge in [0.15, 0.2) is 5.96 Å². The van der Waals surface area contributed by atoms with E-state index < -0.39 is 5.60 Å². The lowest BCUT2D eigenvalue weighted by Crippen LogP contribution is -2.52. The number of hydrogen-bond donors (Lipinski definition) is 2. The lowest BCUT2D eigenvalue weighted by Gasteiger charge is -2.34. The number of nitrogens with one attached hydrogen (secondary N) is 2. The molecule has 1 saturated heterocycles. The second-order valence-electron chi connectivity index (χ2n) is 9.22. The van der Waals surface area contributed by atoms with Gasteiger partial charge in [0, 0.05) is 59.6 Å². The number of aromatic nitrogens is 2. The first kappa shape index (κ1) is 23.8. The number of anilines is 1. The van der Waals surface area contributed by atoms with Crippen molar-refractivity contribution in [3.05, 3.63) is 12.4 Å². The van der Waals surface area contributed by atoms with Crippen LogP contribution in [-0.2, 0) is 11.8 Å². The molecule has 9 heteroatoms. The third-order valence-corrected chi connectivity index (χ3v) is 4.95.